The summed E-state index contributed by atoms with van der Waals surface area (Å²) in [6.45, 7) is 2.83. The van der Waals surface area contributed by atoms with Crippen molar-refractivity contribution in [2.24, 2.45) is 0 Å². The van der Waals surface area contributed by atoms with Crippen molar-refractivity contribution in [2.45, 2.75) is 19.5 Å². The van der Waals surface area contributed by atoms with Crippen LogP contribution in [-0.4, -0.2) is 15.2 Å². The molecule has 1 atom stereocenters. The fourth-order valence-electron chi connectivity index (χ4n) is 2.28. The Bertz CT molecular complexity index is 660. The first-order valence-corrected chi connectivity index (χ1v) is 7.06. The zero-order valence-electron chi connectivity index (χ0n) is 12.0. The molecule has 0 saturated carbocycles. The molecular weight excluding hydrogens is 260 g/mol. The number of rotatable bonds is 5. The van der Waals surface area contributed by atoms with Gasteiger partial charge in [0.25, 0.3) is 0 Å². The summed E-state index contributed by atoms with van der Waals surface area (Å²) in [4.78, 5) is 4.11. The van der Waals surface area contributed by atoms with Crippen LogP contribution in [0.1, 0.15) is 24.4 Å². The first-order valence-electron chi connectivity index (χ1n) is 7.06. The first kappa shape index (κ1) is 13.5. The molecule has 2 aromatic carbocycles. The Morgan fingerprint density at radius 3 is 2.38 bits per heavy atom. The van der Waals surface area contributed by atoms with Gasteiger partial charge in [-0.25, -0.2) is 4.98 Å². The Labute approximate surface area is 124 Å². The van der Waals surface area contributed by atoms with E-state index in [0.717, 1.165) is 5.82 Å². The molecule has 0 fully saturated rings. The van der Waals surface area contributed by atoms with Crippen LogP contribution < -0.4 is 5.32 Å². The minimum atomic E-state index is 0.264. The predicted octanol–water partition coefficient (Wildman–Crippen LogP) is 3.32. The third-order valence-corrected chi connectivity index (χ3v) is 3.56. The second kappa shape index (κ2) is 6.33. The zero-order chi connectivity index (χ0) is 14.5. The standard InChI is InChI=1S/C17H18N4/c1-13(18-11-17-19-12-20-21-17)14-7-9-16(10-8-14)15-5-3-2-4-6-15/h2-10,12-13,18H,11H2,1H3,(H,19,20,21). The van der Waals surface area contributed by atoms with Gasteiger partial charge in [0.1, 0.15) is 12.2 Å². The average Bonchev–Trinajstić information content (AvgIpc) is 3.07. The summed E-state index contributed by atoms with van der Waals surface area (Å²) >= 11 is 0. The Hall–Kier alpha value is -2.46. The molecule has 0 aliphatic heterocycles. The third kappa shape index (κ3) is 3.35. The largest absolute Gasteiger partial charge is 0.303 e. The molecule has 3 aromatic rings. The molecule has 1 unspecified atom stereocenters. The van der Waals surface area contributed by atoms with Crippen molar-refractivity contribution in [1.82, 2.24) is 20.5 Å². The van der Waals surface area contributed by atoms with Gasteiger partial charge in [-0.3, -0.25) is 5.10 Å². The van der Waals surface area contributed by atoms with E-state index < -0.39 is 0 Å². The van der Waals surface area contributed by atoms with Gasteiger partial charge in [0.2, 0.25) is 0 Å². The summed E-state index contributed by atoms with van der Waals surface area (Å²) in [6.07, 6.45) is 1.52. The van der Waals surface area contributed by atoms with Crippen molar-refractivity contribution in [1.29, 1.82) is 0 Å². The number of aromatic nitrogens is 3. The SMILES string of the molecule is CC(NCc1ncn[nH]1)c1ccc(-c2ccccc2)cc1. The van der Waals surface area contributed by atoms with Crippen molar-refractivity contribution in [3.05, 3.63) is 72.3 Å². The van der Waals surface area contributed by atoms with Crippen molar-refractivity contribution in [3.8, 4) is 11.1 Å². The van der Waals surface area contributed by atoms with Gasteiger partial charge in [-0.15, -0.1) is 0 Å². The zero-order valence-corrected chi connectivity index (χ0v) is 12.0. The van der Waals surface area contributed by atoms with E-state index in [2.05, 4.69) is 76.0 Å². The van der Waals surface area contributed by atoms with Crippen LogP contribution in [0.2, 0.25) is 0 Å². The van der Waals surface area contributed by atoms with E-state index in [1.165, 1.54) is 23.0 Å². The van der Waals surface area contributed by atoms with Crippen LogP contribution >= 0.6 is 0 Å². The molecule has 1 aromatic heterocycles. The Morgan fingerprint density at radius 2 is 1.71 bits per heavy atom. The highest BCUT2D eigenvalue weighted by Gasteiger charge is 2.06. The maximum atomic E-state index is 4.11. The lowest BCUT2D eigenvalue weighted by Gasteiger charge is -2.14. The van der Waals surface area contributed by atoms with Gasteiger partial charge in [-0.05, 0) is 23.6 Å². The van der Waals surface area contributed by atoms with Gasteiger partial charge in [0, 0.05) is 6.04 Å². The van der Waals surface area contributed by atoms with Crippen LogP contribution in [0.5, 0.6) is 0 Å². The molecule has 0 saturated heterocycles. The number of hydrogen-bond acceptors (Lipinski definition) is 3. The van der Waals surface area contributed by atoms with E-state index >= 15 is 0 Å². The highest BCUT2D eigenvalue weighted by atomic mass is 15.2. The third-order valence-electron chi connectivity index (χ3n) is 3.56. The lowest BCUT2D eigenvalue weighted by molar-refractivity contribution is 0.560. The Balaban J connectivity index is 1.66. The summed E-state index contributed by atoms with van der Waals surface area (Å²) in [5.74, 6) is 0.850. The molecule has 4 nitrogen and oxygen atoms in total. The van der Waals surface area contributed by atoms with E-state index in [9.17, 15) is 0 Å². The van der Waals surface area contributed by atoms with Crippen molar-refractivity contribution < 1.29 is 0 Å². The van der Waals surface area contributed by atoms with Crippen LogP contribution in [0.3, 0.4) is 0 Å². The van der Waals surface area contributed by atoms with Gasteiger partial charge in [-0.1, -0.05) is 54.6 Å². The molecule has 0 amide bonds. The summed E-state index contributed by atoms with van der Waals surface area (Å²) in [6, 6.07) is 19.3. The average molecular weight is 278 g/mol. The molecule has 21 heavy (non-hydrogen) atoms. The van der Waals surface area contributed by atoms with Gasteiger partial charge < -0.3 is 5.32 Å². The molecule has 106 valence electrons. The molecule has 0 aliphatic carbocycles. The quantitative estimate of drug-likeness (QED) is 0.752. The minimum absolute atomic E-state index is 0.264. The van der Waals surface area contributed by atoms with Gasteiger partial charge in [-0.2, -0.15) is 5.10 Å². The van der Waals surface area contributed by atoms with Crippen molar-refractivity contribution >= 4 is 0 Å². The molecule has 2 N–H and O–H groups in total. The number of aromatic amines is 1. The molecule has 0 aliphatic rings. The highest BCUT2D eigenvalue weighted by Crippen LogP contribution is 2.21. The lowest BCUT2D eigenvalue weighted by Crippen LogP contribution is -2.18. The normalized spacial score (nSPS) is 12.2. The van der Waals surface area contributed by atoms with Gasteiger partial charge in [0.05, 0.1) is 6.54 Å². The van der Waals surface area contributed by atoms with E-state index in [0.29, 0.717) is 6.54 Å². The van der Waals surface area contributed by atoms with Gasteiger partial charge >= 0.3 is 0 Å². The molecule has 1 heterocycles. The highest BCUT2D eigenvalue weighted by molar-refractivity contribution is 5.63. The monoisotopic (exact) mass is 278 g/mol. The van der Waals surface area contributed by atoms with Crippen LogP contribution in [0, 0.1) is 0 Å². The Morgan fingerprint density at radius 1 is 1.00 bits per heavy atom. The van der Waals surface area contributed by atoms with Crippen LogP contribution in [0.25, 0.3) is 11.1 Å². The first-order chi connectivity index (χ1) is 10.3. The molecule has 0 spiro atoms. The minimum Gasteiger partial charge on any atom is -0.303 e. The summed E-state index contributed by atoms with van der Waals surface area (Å²) in [7, 11) is 0. The smallest absolute Gasteiger partial charge is 0.138 e. The van der Waals surface area contributed by atoms with E-state index in [1.807, 2.05) is 6.07 Å². The van der Waals surface area contributed by atoms with Crippen molar-refractivity contribution in [3.63, 3.8) is 0 Å². The number of hydrogen-bond donors (Lipinski definition) is 2. The lowest BCUT2D eigenvalue weighted by atomic mass is 10.0. The predicted molar refractivity (Wildman–Crippen MR) is 83.5 cm³/mol. The summed E-state index contributed by atoms with van der Waals surface area (Å²) < 4.78 is 0. The molecule has 3 rings (SSSR count). The number of benzene rings is 2. The number of nitrogens with one attached hydrogen (secondary N) is 2. The van der Waals surface area contributed by atoms with Crippen LogP contribution in [0.4, 0.5) is 0 Å². The molecule has 0 bridgehead atoms. The number of nitrogens with zero attached hydrogens (tertiary/aromatic N) is 2. The van der Waals surface area contributed by atoms with Gasteiger partial charge in [0.15, 0.2) is 0 Å². The Kier molecular flexibility index (Phi) is 4.07. The number of H-pyrrole nitrogens is 1. The van der Waals surface area contributed by atoms with Crippen molar-refractivity contribution in [2.75, 3.05) is 0 Å². The second-order valence-electron chi connectivity index (χ2n) is 5.02. The fourth-order valence-corrected chi connectivity index (χ4v) is 2.28. The molecule has 0 radical (unpaired) electrons. The maximum absolute atomic E-state index is 4.11. The maximum Gasteiger partial charge on any atom is 0.138 e. The van der Waals surface area contributed by atoms with Crippen LogP contribution in [0.15, 0.2) is 60.9 Å². The van der Waals surface area contributed by atoms with E-state index in [4.69, 9.17) is 0 Å². The summed E-state index contributed by atoms with van der Waals surface area (Å²) in [5, 5.41) is 10.1. The van der Waals surface area contributed by atoms with E-state index in [1.54, 1.807) is 0 Å². The molecule has 4 heteroatoms. The fraction of sp³-hybridized carbons (Fsp3) is 0.176. The second-order valence-corrected chi connectivity index (χ2v) is 5.02. The summed E-state index contributed by atoms with van der Waals surface area (Å²) in [5.41, 5.74) is 3.74. The van der Waals surface area contributed by atoms with Crippen LogP contribution in [-0.2, 0) is 6.54 Å². The van der Waals surface area contributed by atoms with E-state index in [-0.39, 0.29) is 6.04 Å². The topological polar surface area (TPSA) is 53.6 Å². The molecular formula is C17H18N4.